The van der Waals surface area contributed by atoms with E-state index in [-0.39, 0.29) is 5.91 Å². The van der Waals surface area contributed by atoms with Crippen molar-refractivity contribution in [2.24, 2.45) is 0 Å². The van der Waals surface area contributed by atoms with Crippen LogP contribution in [0.5, 0.6) is 5.75 Å². The van der Waals surface area contributed by atoms with Gasteiger partial charge in [0.15, 0.2) is 6.10 Å². The van der Waals surface area contributed by atoms with Crippen LogP contribution in [0.2, 0.25) is 0 Å². The highest BCUT2D eigenvalue weighted by Gasteiger charge is 2.16. The topological polar surface area (TPSA) is 62.1 Å². The molecule has 4 nitrogen and oxygen atoms in total. The Morgan fingerprint density at radius 1 is 1.18 bits per heavy atom. The number of nitriles is 1. The Kier molecular flexibility index (Phi) is 4.80. The number of rotatable bonds is 4. The first-order chi connectivity index (χ1) is 10.5. The van der Waals surface area contributed by atoms with Crippen LogP contribution in [0.3, 0.4) is 0 Å². The molecular formula is C18H18N2O2. The van der Waals surface area contributed by atoms with E-state index in [2.05, 4.69) is 5.32 Å². The SMILES string of the molecule is Cc1ccc(OC(C)C(=O)Nc2ccccc2C#N)cc1C. The van der Waals surface area contributed by atoms with Gasteiger partial charge in [0.05, 0.1) is 11.3 Å². The zero-order valence-corrected chi connectivity index (χ0v) is 12.9. The highest BCUT2D eigenvalue weighted by Crippen LogP contribution is 2.19. The maximum Gasteiger partial charge on any atom is 0.265 e. The molecule has 0 bridgehead atoms. The zero-order chi connectivity index (χ0) is 16.1. The first kappa shape index (κ1) is 15.6. The lowest BCUT2D eigenvalue weighted by molar-refractivity contribution is -0.122. The van der Waals surface area contributed by atoms with Gasteiger partial charge in [0.1, 0.15) is 11.8 Å². The second-order valence-corrected chi connectivity index (χ2v) is 5.15. The largest absolute Gasteiger partial charge is 0.481 e. The van der Waals surface area contributed by atoms with Crippen LogP contribution in [0.1, 0.15) is 23.6 Å². The van der Waals surface area contributed by atoms with Gasteiger partial charge < -0.3 is 10.1 Å². The molecule has 0 aromatic heterocycles. The summed E-state index contributed by atoms with van der Waals surface area (Å²) in [7, 11) is 0. The van der Waals surface area contributed by atoms with Crippen LogP contribution in [-0.2, 0) is 4.79 Å². The minimum absolute atomic E-state index is 0.291. The van der Waals surface area contributed by atoms with E-state index in [4.69, 9.17) is 10.00 Å². The molecule has 0 aliphatic heterocycles. The molecule has 2 aromatic rings. The number of hydrogen-bond donors (Lipinski definition) is 1. The van der Waals surface area contributed by atoms with Crippen molar-refractivity contribution in [2.75, 3.05) is 5.32 Å². The molecule has 2 rings (SSSR count). The molecule has 0 saturated heterocycles. The molecule has 1 atom stereocenters. The van der Waals surface area contributed by atoms with Crippen molar-refractivity contribution >= 4 is 11.6 Å². The number of anilines is 1. The molecule has 0 radical (unpaired) electrons. The molecular weight excluding hydrogens is 276 g/mol. The fourth-order valence-electron chi connectivity index (χ4n) is 1.97. The normalized spacial score (nSPS) is 11.4. The van der Waals surface area contributed by atoms with Gasteiger partial charge in [-0.15, -0.1) is 0 Å². The van der Waals surface area contributed by atoms with Crippen molar-refractivity contribution in [1.29, 1.82) is 5.26 Å². The quantitative estimate of drug-likeness (QED) is 0.937. The number of carbonyl (C=O) groups is 1. The molecule has 2 aromatic carbocycles. The molecule has 0 aliphatic rings. The van der Waals surface area contributed by atoms with Crippen LogP contribution < -0.4 is 10.1 Å². The number of benzene rings is 2. The summed E-state index contributed by atoms with van der Waals surface area (Å²) in [6.45, 7) is 5.70. The number of carbonyl (C=O) groups excluding carboxylic acids is 1. The molecule has 1 N–H and O–H groups in total. The average molecular weight is 294 g/mol. The third-order valence-electron chi connectivity index (χ3n) is 3.47. The second-order valence-electron chi connectivity index (χ2n) is 5.15. The van der Waals surface area contributed by atoms with Crippen molar-refractivity contribution < 1.29 is 9.53 Å². The van der Waals surface area contributed by atoms with Gasteiger partial charge in [0.25, 0.3) is 5.91 Å². The Balaban J connectivity index is 2.06. The van der Waals surface area contributed by atoms with Gasteiger partial charge in [-0.2, -0.15) is 5.26 Å². The van der Waals surface area contributed by atoms with Crippen LogP contribution >= 0.6 is 0 Å². The van der Waals surface area contributed by atoms with Crippen LogP contribution in [0.4, 0.5) is 5.69 Å². The predicted molar refractivity (Wildman–Crippen MR) is 85.8 cm³/mol. The maximum atomic E-state index is 12.2. The second kappa shape index (κ2) is 6.77. The van der Waals surface area contributed by atoms with E-state index < -0.39 is 6.10 Å². The molecule has 0 fully saturated rings. The van der Waals surface area contributed by atoms with Gasteiger partial charge in [0.2, 0.25) is 0 Å². The van der Waals surface area contributed by atoms with Crippen LogP contribution in [0, 0.1) is 25.2 Å². The molecule has 0 spiro atoms. The molecule has 4 heteroatoms. The maximum absolute atomic E-state index is 12.2. The summed E-state index contributed by atoms with van der Waals surface area (Å²) in [6, 6.07) is 14.6. The Morgan fingerprint density at radius 2 is 1.91 bits per heavy atom. The third-order valence-corrected chi connectivity index (χ3v) is 3.47. The van der Waals surface area contributed by atoms with E-state index in [1.54, 1.807) is 31.2 Å². The van der Waals surface area contributed by atoms with Gasteiger partial charge in [-0.3, -0.25) is 4.79 Å². The minimum atomic E-state index is -0.658. The summed E-state index contributed by atoms with van der Waals surface area (Å²) in [5.41, 5.74) is 3.20. The van der Waals surface area contributed by atoms with E-state index in [9.17, 15) is 4.79 Å². The number of para-hydroxylation sites is 1. The highest BCUT2D eigenvalue weighted by molar-refractivity contribution is 5.95. The number of amides is 1. The minimum Gasteiger partial charge on any atom is -0.481 e. The Labute approximate surface area is 130 Å². The fraction of sp³-hybridized carbons (Fsp3) is 0.222. The third kappa shape index (κ3) is 3.64. The summed E-state index contributed by atoms with van der Waals surface area (Å²) in [4.78, 5) is 12.2. The Bertz CT molecular complexity index is 732. The lowest BCUT2D eigenvalue weighted by Gasteiger charge is -2.16. The summed E-state index contributed by atoms with van der Waals surface area (Å²) in [5.74, 6) is 0.361. The van der Waals surface area contributed by atoms with Gasteiger partial charge in [-0.1, -0.05) is 18.2 Å². The lowest BCUT2D eigenvalue weighted by Crippen LogP contribution is -2.30. The van der Waals surface area contributed by atoms with E-state index in [0.29, 0.717) is 17.0 Å². The summed E-state index contributed by atoms with van der Waals surface area (Å²) in [5, 5.41) is 11.8. The summed E-state index contributed by atoms with van der Waals surface area (Å²) < 4.78 is 5.66. The molecule has 1 unspecified atom stereocenters. The standard InChI is InChI=1S/C18H18N2O2/c1-12-8-9-16(10-13(12)2)22-14(3)18(21)20-17-7-5-4-6-15(17)11-19/h4-10,14H,1-3H3,(H,20,21). The van der Waals surface area contributed by atoms with Crippen LogP contribution in [0.15, 0.2) is 42.5 Å². The van der Waals surface area contributed by atoms with Crippen molar-refractivity contribution in [3.05, 3.63) is 59.2 Å². The highest BCUT2D eigenvalue weighted by atomic mass is 16.5. The predicted octanol–water partition coefficient (Wildman–Crippen LogP) is 3.58. The van der Waals surface area contributed by atoms with Gasteiger partial charge >= 0.3 is 0 Å². The van der Waals surface area contributed by atoms with E-state index in [1.807, 2.05) is 38.1 Å². The van der Waals surface area contributed by atoms with E-state index >= 15 is 0 Å². The monoisotopic (exact) mass is 294 g/mol. The molecule has 1 amide bonds. The van der Waals surface area contributed by atoms with E-state index in [0.717, 1.165) is 5.56 Å². The van der Waals surface area contributed by atoms with Crippen LogP contribution in [0.25, 0.3) is 0 Å². The van der Waals surface area contributed by atoms with Crippen molar-refractivity contribution in [3.63, 3.8) is 0 Å². The zero-order valence-electron chi connectivity index (χ0n) is 12.9. The number of nitrogens with zero attached hydrogens (tertiary/aromatic N) is 1. The molecule has 112 valence electrons. The molecule has 0 aliphatic carbocycles. The number of hydrogen-bond acceptors (Lipinski definition) is 3. The Hall–Kier alpha value is -2.80. The summed E-state index contributed by atoms with van der Waals surface area (Å²) in [6.07, 6.45) is -0.658. The smallest absolute Gasteiger partial charge is 0.265 e. The number of nitrogens with one attached hydrogen (secondary N) is 1. The molecule has 0 heterocycles. The van der Waals surface area contributed by atoms with E-state index in [1.165, 1.54) is 5.56 Å². The van der Waals surface area contributed by atoms with Gasteiger partial charge in [-0.25, -0.2) is 0 Å². The molecule has 0 saturated carbocycles. The summed E-state index contributed by atoms with van der Waals surface area (Å²) >= 11 is 0. The Morgan fingerprint density at radius 3 is 2.59 bits per heavy atom. The van der Waals surface area contributed by atoms with Crippen LogP contribution in [-0.4, -0.2) is 12.0 Å². The average Bonchev–Trinajstić information content (AvgIpc) is 2.51. The fourth-order valence-corrected chi connectivity index (χ4v) is 1.97. The van der Waals surface area contributed by atoms with Gasteiger partial charge in [0, 0.05) is 0 Å². The molecule has 22 heavy (non-hydrogen) atoms. The number of ether oxygens (including phenoxy) is 1. The van der Waals surface area contributed by atoms with Crippen molar-refractivity contribution in [3.8, 4) is 11.8 Å². The van der Waals surface area contributed by atoms with Crippen molar-refractivity contribution in [1.82, 2.24) is 0 Å². The van der Waals surface area contributed by atoms with Crippen molar-refractivity contribution in [2.45, 2.75) is 26.9 Å². The van der Waals surface area contributed by atoms with Gasteiger partial charge in [-0.05, 0) is 56.2 Å². The first-order valence-electron chi connectivity index (χ1n) is 7.05. The first-order valence-corrected chi connectivity index (χ1v) is 7.05. The number of aryl methyl sites for hydroxylation is 2. The lowest BCUT2D eigenvalue weighted by atomic mass is 10.1.